The van der Waals surface area contributed by atoms with E-state index in [4.69, 9.17) is 25.1 Å². The Morgan fingerprint density at radius 3 is 1.92 bits per heavy atom. The van der Waals surface area contributed by atoms with Crippen molar-refractivity contribution in [2.45, 2.75) is 25.4 Å². The van der Waals surface area contributed by atoms with Crippen LogP contribution in [0.5, 0.6) is 0 Å². The summed E-state index contributed by atoms with van der Waals surface area (Å²) in [4.78, 5) is 16.5. The summed E-state index contributed by atoms with van der Waals surface area (Å²) in [7, 11) is -4.70. The van der Waals surface area contributed by atoms with Crippen LogP contribution in [0.3, 0.4) is 0 Å². The first kappa shape index (κ1) is 12.0. The lowest BCUT2D eigenvalue weighted by molar-refractivity contribution is -0.151. The predicted molar refractivity (Wildman–Crippen MR) is 36.8 cm³/mol. The molecule has 2 unspecified atom stereocenters. The Labute approximate surface area is 68.5 Å². The Balaban J connectivity index is 4.04. The van der Waals surface area contributed by atoms with E-state index < -0.39 is 26.3 Å². The normalized spacial score (nSPS) is 17.9. The highest BCUT2D eigenvalue weighted by atomic mass is 31.2. The van der Waals surface area contributed by atoms with E-state index in [1.807, 2.05) is 0 Å². The van der Waals surface area contributed by atoms with Gasteiger partial charge >= 0.3 is 7.82 Å². The van der Waals surface area contributed by atoms with Gasteiger partial charge in [0.1, 0.15) is 6.10 Å². The molecule has 0 aromatic rings. The van der Waals surface area contributed by atoms with E-state index in [1.54, 1.807) is 0 Å². The van der Waals surface area contributed by atoms with Crippen molar-refractivity contribution in [3.63, 3.8) is 0 Å². The Kier molecular flexibility index (Phi) is 4.29. The molecule has 0 saturated carbocycles. The maximum Gasteiger partial charge on any atom is 0.469 e. The third-order valence-electron chi connectivity index (χ3n) is 1.09. The Morgan fingerprint density at radius 1 is 1.25 bits per heavy atom. The van der Waals surface area contributed by atoms with Gasteiger partial charge in [-0.05, 0) is 6.92 Å². The van der Waals surface area contributed by atoms with E-state index in [9.17, 15) is 4.57 Å². The minimum Gasteiger partial charge on any atom is -0.385 e. The number of rotatable bonds is 4. The molecule has 8 heteroatoms. The zero-order chi connectivity index (χ0) is 9.94. The summed E-state index contributed by atoms with van der Waals surface area (Å²) < 4.78 is 14.1. The number of aliphatic hydroxyl groups excluding tert-OH is 2. The summed E-state index contributed by atoms with van der Waals surface area (Å²) in [5.41, 5.74) is 0. The third-order valence-corrected chi connectivity index (χ3v) is 1.70. The number of phosphoric acid groups is 1. The molecule has 0 fully saturated rings. The summed E-state index contributed by atoms with van der Waals surface area (Å²) in [6.45, 7) is 1.10. The summed E-state index contributed by atoms with van der Waals surface area (Å²) in [6.07, 6.45) is -5.20. The summed E-state index contributed by atoms with van der Waals surface area (Å²) in [6, 6.07) is 0. The largest absolute Gasteiger partial charge is 0.469 e. The van der Waals surface area contributed by atoms with Crippen LogP contribution in [-0.4, -0.2) is 43.6 Å². The second-order valence-corrected chi connectivity index (χ2v) is 3.40. The standard InChI is InChI=1S/C4H11O7P/c1-2(3(5)4(6)7)11-12(8,9)10/h2-7H,1H3,(H2,8,9,10). The molecule has 5 N–H and O–H groups in total. The highest BCUT2D eigenvalue weighted by Crippen LogP contribution is 2.38. The van der Waals surface area contributed by atoms with Gasteiger partial charge in [-0.25, -0.2) is 4.57 Å². The molecule has 0 amide bonds. The monoisotopic (exact) mass is 202 g/mol. The summed E-state index contributed by atoms with van der Waals surface area (Å²) in [5.74, 6) is 0. The van der Waals surface area contributed by atoms with Crippen LogP contribution in [0, 0.1) is 0 Å². The van der Waals surface area contributed by atoms with Crippen LogP contribution >= 0.6 is 7.82 Å². The summed E-state index contributed by atoms with van der Waals surface area (Å²) in [5, 5.41) is 25.5. The third kappa shape index (κ3) is 4.78. The van der Waals surface area contributed by atoms with Crippen LogP contribution in [0.25, 0.3) is 0 Å². The van der Waals surface area contributed by atoms with Crippen LogP contribution < -0.4 is 0 Å². The zero-order valence-corrected chi connectivity index (χ0v) is 7.13. The van der Waals surface area contributed by atoms with Gasteiger partial charge in [0.05, 0.1) is 6.10 Å². The Bertz CT molecular complexity index is 174. The number of phosphoric ester groups is 1. The zero-order valence-electron chi connectivity index (χ0n) is 6.23. The van der Waals surface area contributed by atoms with E-state index in [2.05, 4.69) is 4.52 Å². The van der Waals surface area contributed by atoms with E-state index >= 15 is 0 Å². The van der Waals surface area contributed by atoms with Gasteiger partial charge in [0.2, 0.25) is 0 Å². The maximum absolute atomic E-state index is 10.2. The van der Waals surface area contributed by atoms with Gasteiger partial charge < -0.3 is 25.1 Å². The molecule has 0 bridgehead atoms. The molecule has 7 nitrogen and oxygen atoms in total. The summed E-state index contributed by atoms with van der Waals surface area (Å²) >= 11 is 0. The van der Waals surface area contributed by atoms with Crippen molar-refractivity contribution >= 4 is 7.82 Å². The SMILES string of the molecule is CC(OP(=O)(O)O)C(O)C(O)O. The van der Waals surface area contributed by atoms with Crippen LogP contribution in [0.4, 0.5) is 0 Å². The topological polar surface area (TPSA) is 127 Å². The molecule has 0 spiro atoms. The van der Waals surface area contributed by atoms with Gasteiger partial charge in [-0.15, -0.1) is 0 Å². The van der Waals surface area contributed by atoms with Crippen LogP contribution in [0.1, 0.15) is 6.92 Å². The van der Waals surface area contributed by atoms with Crippen LogP contribution in [0.2, 0.25) is 0 Å². The maximum atomic E-state index is 10.2. The first-order chi connectivity index (χ1) is 5.24. The molecule has 0 heterocycles. The minimum atomic E-state index is -4.70. The van der Waals surface area contributed by atoms with Crippen molar-refractivity contribution in [3.05, 3.63) is 0 Å². The molecule has 0 radical (unpaired) electrons. The van der Waals surface area contributed by atoms with Gasteiger partial charge in [-0.3, -0.25) is 4.52 Å². The fourth-order valence-corrected chi connectivity index (χ4v) is 1.08. The fraction of sp³-hybridized carbons (Fsp3) is 1.00. The van der Waals surface area contributed by atoms with Crippen molar-refractivity contribution in [3.8, 4) is 0 Å². The average Bonchev–Trinajstić information content (AvgIpc) is 1.82. The first-order valence-electron chi connectivity index (χ1n) is 3.02. The molecule has 0 aliphatic rings. The van der Waals surface area contributed by atoms with Crippen LogP contribution in [0.15, 0.2) is 0 Å². The highest BCUT2D eigenvalue weighted by Gasteiger charge is 2.28. The van der Waals surface area contributed by atoms with E-state index in [1.165, 1.54) is 0 Å². The molecule has 0 aromatic heterocycles. The molecule has 74 valence electrons. The Morgan fingerprint density at radius 2 is 1.67 bits per heavy atom. The molecule has 0 aliphatic heterocycles. The molecular formula is C4H11O7P. The smallest absolute Gasteiger partial charge is 0.385 e. The molecule has 0 aromatic carbocycles. The van der Waals surface area contributed by atoms with Gasteiger partial charge in [0.15, 0.2) is 6.29 Å². The number of hydrogen-bond donors (Lipinski definition) is 5. The molecule has 0 saturated heterocycles. The van der Waals surface area contributed by atoms with Gasteiger partial charge in [-0.2, -0.15) is 0 Å². The van der Waals surface area contributed by atoms with E-state index in [0.29, 0.717) is 0 Å². The fourth-order valence-electron chi connectivity index (χ4n) is 0.521. The van der Waals surface area contributed by atoms with Crippen molar-refractivity contribution in [1.82, 2.24) is 0 Å². The lowest BCUT2D eigenvalue weighted by Gasteiger charge is -2.20. The van der Waals surface area contributed by atoms with Gasteiger partial charge in [-0.1, -0.05) is 0 Å². The predicted octanol–water partition coefficient (Wildman–Crippen LogP) is -1.84. The average molecular weight is 202 g/mol. The molecule has 0 rings (SSSR count). The molecule has 0 aliphatic carbocycles. The highest BCUT2D eigenvalue weighted by molar-refractivity contribution is 7.46. The van der Waals surface area contributed by atoms with E-state index in [0.717, 1.165) is 6.92 Å². The Hall–Kier alpha value is -0.0100. The molecular weight excluding hydrogens is 191 g/mol. The molecule has 2 atom stereocenters. The quantitative estimate of drug-likeness (QED) is 0.267. The van der Waals surface area contributed by atoms with Crippen LogP contribution in [-0.2, 0) is 9.09 Å². The first-order valence-corrected chi connectivity index (χ1v) is 4.55. The molecule has 12 heavy (non-hydrogen) atoms. The van der Waals surface area contributed by atoms with Gasteiger partial charge in [0, 0.05) is 0 Å². The number of aliphatic hydroxyl groups is 3. The van der Waals surface area contributed by atoms with Crippen molar-refractivity contribution in [2.75, 3.05) is 0 Å². The lowest BCUT2D eigenvalue weighted by atomic mass is 10.2. The second-order valence-electron chi connectivity index (χ2n) is 2.21. The van der Waals surface area contributed by atoms with E-state index in [-0.39, 0.29) is 0 Å². The van der Waals surface area contributed by atoms with Gasteiger partial charge in [0.25, 0.3) is 0 Å². The minimum absolute atomic E-state index is 1.10. The van der Waals surface area contributed by atoms with Crippen molar-refractivity contribution in [2.24, 2.45) is 0 Å². The number of hydrogen-bond acceptors (Lipinski definition) is 5. The second kappa shape index (κ2) is 4.29. The van der Waals surface area contributed by atoms with Crippen molar-refractivity contribution < 1.29 is 34.2 Å². The van der Waals surface area contributed by atoms with Crippen molar-refractivity contribution in [1.29, 1.82) is 0 Å². The lowest BCUT2D eigenvalue weighted by Crippen LogP contribution is -2.36.